The first-order valence-corrected chi connectivity index (χ1v) is 9.08. The Kier molecular flexibility index (Phi) is 3.69. The molecule has 0 saturated carbocycles. The minimum atomic E-state index is -3.88. The third-order valence-corrected chi connectivity index (χ3v) is 6.24. The highest BCUT2D eigenvalue weighted by molar-refractivity contribution is 7.90. The fraction of sp³-hybridized carbons (Fsp3) is 0.214. The molecular formula is C14H13N3O4S2. The van der Waals surface area contributed by atoms with E-state index in [0.29, 0.717) is 4.80 Å². The largest absolute Gasteiger partial charge is 0.327 e. The number of amides is 2. The molecule has 0 radical (unpaired) electrons. The van der Waals surface area contributed by atoms with Crippen molar-refractivity contribution in [2.75, 3.05) is 6.54 Å². The van der Waals surface area contributed by atoms with E-state index in [2.05, 4.69) is 4.99 Å². The van der Waals surface area contributed by atoms with Crippen LogP contribution < -0.4 is 4.80 Å². The molecule has 9 heteroatoms. The number of sulfonamides is 1. The molecule has 0 aliphatic carbocycles. The molecule has 0 atom stereocenters. The van der Waals surface area contributed by atoms with E-state index in [0.717, 1.165) is 4.31 Å². The van der Waals surface area contributed by atoms with Crippen LogP contribution in [0.5, 0.6) is 0 Å². The Morgan fingerprint density at radius 1 is 1.35 bits per heavy atom. The van der Waals surface area contributed by atoms with Crippen LogP contribution in [0.3, 0.4) is 0 Å². The Morgan fingerprint density at radius 2 is 2.09 bits per heavy atom. The molecular weight excluding hydrogens is 338 g/mol. The molecule has 1 aromatic carbocycles. The number of nitrogens with zero attached hydrogens (tertiary/aromatic N) is 3. The predicted molar refractivity (Wildman–Crippen MR) is 83.5 cm³/mol. The fourth-order valence-corrected chi connectivity index (χ4v) is 4.64. The highest BCUT2D eigenvalue weighted by Crippen LogP contribution is 2.30. The molecule has 1 aromatic heterocycles. The highest BCUT2D eigenvalue weighted by Gasteiger charge is 2.40. The maximum Gasteiger partial charge on any atom is 0.279 e. The zero-order chi connectivity index (χ0) is 16.8. The van der Waals surface area contributed by atoms with Gasteiger partial charge >= 0.3 is 0 Å². The van der Waals surface area contributed by atoms with E-state index in [1.807, 2.05) is 0 Å². The molecule has 0 spiro atoms. The third kappa shape index (κ3) is 2.41. The average molecular weight is 351 g/mol. The number of fused-ring (bicyclic) bond motifs is 1. The van der Waals surface area contributed by atoms with Gasteiger partial charge in [-0.05, 0) is 25.1 Å². The summed E-state index contributed by atoms with van der Waals surface area (Å²) >= 11 is 1.30. The number of carbonyl (C=O) groups is 2. The first-order valence-electron chi connectivity index (χ1n) is 6.76. The van der Waals surface area contributed by atoms with Crippen LogP contribution in [0.4, 0.5) is 0 Å². The van der Waals surface area contributed by atoms with Crippen LogP contribution in [0.25, 0.3) is 0 Å². The third-order valence-electron chi connectivity index (χ3n) is 3.50. The molecule has 3 rings (SSSR count). The summed E-state index contributed by atoms with van der Waals surface area (Å²) in [5.41, 5.74) is 0.219. The van der Waals surface area contributed by atoms with Gasteiger partial charge in [-0.2, -0.15) is 4.99 Å². The van der Waals surface area contributed by atoms with Crippen molar-refractivity contribution in [3.63, 3.8) is 0 Å². The minimum absolute atomic E-state index is 0.0501. The summed E-state index contributed by atoms with van der Waals surface area (Å²) in [7, 11) is -2.13. The number of thiazole rings is 1. The smallest absolute Gasteiger partial charge is 0.279 e. The van der Waals surface area contributed by atoms with Crippen molar-refractivity contribution in [2.24, 2.45) is 12.0 Å². The SMILES string of the molecule is CCN1C(=O)c2ccc(C(=O)N=c3sccn3C)cc2S1(=O)=O. The summed E-state index contributed by atoms with van der Waals surface area (Å²) < 4.78 is 27.1. The maximum atomic E-state index is 12.3. The van der Waals surface area contributed by atoms with Gasteiger partial charge in [-0.3, -0.25) is 9.59 Å². The second-order valence-electron chi connectivity index (χ2n) is 4.90. The number of carbonyl (C=O) groups excluding carboxylic acids is 2. The maximum absolute atomic E-state index is 12.3. The summed E-state index contributed by atoms with van der Waals surface area (Å²) in [6.07, 6.45) is 1.77. The number of aryl methyl sites for hydroxylation is 1. The van der Waals surface area contributed by atoms with Crippen LogP contribution in [-0.2, 0) is 17.1 Å². The van der Waals surface area contributed by atoms with Gasteiger partial charge < -0.3 is 4.57 Å². The molecule has 2 heterocycles. The van der Waals surface area contributed by atoms with E-state index < -0.39 is 21.8 Å². The van der Waals surface area contributed by atoms with Crippen LogP contribution in [0, 0.1) is 0 Å². The zero-order valence-corrected chi connectivity index (χ0v) is 14.0. The molecule has 0 bridgehead atoms. The Balaban J connectivity index is 2.09. The second-order valence-corrected chi connectivity index (χ2v) is 7.60. The van der Waals surface area contributed by atoms with Crippen LogP contribution in [-0.4, -0.2) is 35.6 Å². The van der Waals surface area contributed by atoms with Crippen molar-refractivity contribution in [1.82, 2.24) is 8.87 Å². The molecule has 1 aliphatic heterocycles. The van der Waals surface area contributed by atoms with Gasteiger partial charge in [0.2, 0.25) is 0 Å². The molecule has 0 unspecified atom stereocenters. The predicted octanol–water partition coefficient (Wildman–Crippen LogP) is 0.992. The van der Waals surface area contributed by atoms with Gasteiger partial charge in [0.25, 0.3) is 21.8 Å². The number of benzene rings is 1. The van der Waals surface area contributed by atoms with Gasteiger partial charge in [-0.15, -0.1) is 11.3 Å². The molecule has 2 aromatic rings. The topological polar surface area (TPSA) is 88.8 Å². The van der Waals surface area contributed by atoms with Crippen LogP contribution in [0.1, 0.15) is 27.6 Å². The molecule has 1 aliphatic rings. The summed E-state index contributed by atoms with van der Waals surface area (Å²) in [6, 6.07) is 4.00. The van der Waals surface area contributed by atoms with Gasteiger partial charge in [-0.1, -0.05) is 0 Å². The van der Waals surface area contributed by atoms with E-state index in [1.54, 1.807) is 30.1 Å². The lowest BCUT2D eigenvalue weighted by atomic mass is 10.1. The Labute approximate surface area is 136 Å². The van der Waals surface area contributed by atoms with Gasteiger partial charge in [0.15, 0.2) is 4.80 Å². The number of hydrogen-bond acceptors (Lipinski definition) is 5. The van der Waals surface area contributed by atoms with Gasteiger partial charge in [0.05, 0.1) is 5.56 Å². The van der Waals surface area contributed by atoms with Crippen molar-refractivity contribution in [1.29, 1.82) is 0 Å². The van der Waals surface area contributed by atoms with Crippen molar-refractivity contribution in [3.05, 3.63) is 45.7 Å². The highest BCUT2D eigenvalue weighted by atomic mass is 32.2. The van der Waals surface area contributed by atoms with E-state index in [4.69, 9.17) is 0 Å². The summed E-state index contributed by atoms with van der Waals surface area (Å²) in [4.78, 5) is 28.6. The first-order chi connectivity index (χ1) is 10.9. The lowest BCUT2D eigenvalue weighted by Gasteiger charge is -2.10. The van der Waals surface area contributed by atoms with E-state index >= 15 is 0 Å². The first kappa shape index (κ1) is 15.6. The molecule has 0 fully saturated rings. The normalized spacial score (nSPS) is 16.7. The standard InChI is InChI=1S/C14H13N3O4S2/c1-3-17-13(19)10-5-4-9(8-11(10)23(17,20)21)12(18)15-14-16(2)6-7-22-14/h4-8H,3H2,1-2H3. The van der Waals surface area contributed by atoms with E-state index in [1.165, 1.54) is 29.5 Å². The Morgan fingerprint density at radius 3 is 2.70 bits per heavy atom. The van der Waals surface area contributed by atoms with Crippen molar-refractivity contribution in [2.45, 2.75) is 11.8 Å². The van der Waals surface area contributed by atoms with Crippen molar-refractivity contribution < 1.29 is 18.0 Å². The molecule has 23 heavy (non-hydrogen) atoms. The number of hydrogen-bond donors (Lipinski definition) is 0. The number of rotatable bonds is 2. The van der Waals surface area contributed by atoms with Crippen LogP contribution in [0.2, 0.25) is 0 Å². The van der Waals surface area contributed by atoms with E-state index in [-0.39, 0.29) is 22.6 Å². The molecule has 0 N–H and O–H groups in total. The quantitative estimate of drug-likeness (QED) is 0.807. The number of aromatic nitrogens is 1. The minimum Gasteiger partial charge on any atom is -0.327 e. The van der Waals surface area contributed by atoms with Gasteiger partial charge in [-0.25, -0.2) is 12.7 Å². The lowest BCUT2D eigenvalue weighted by Crippen LogP contribution is -2.29. The van der Waals surface area contributed by atoms with Crippen molar-refractivity contribution >= 4 is 33.2 Å². The fourth-order valence-electron chi connectivity index (χ4n) is 2.31. The molecule has 2 amide bonds. The molecule has 0 saturated heterocycles. The molecule has 7 nitrogen and oxygen atoms in total. The summed E-state index contributed by atoms with van der Waals surface area (Å²) in [5.74, 6) is -1.12. The van der Waals surface area contributed by atoms with E-state index in [9.17, 15) is 18.0 Å². The van der Waals surface area contributed by atoms with Crippen LogP contribution >= 0.6 is 11.3 Å². The monoisotopic (exact) mass is 351 g/mol. The summed E-state index contributed by atoms with van der Waals surface area (Å²) in [6.45, 7) is 1.63. The lowest BCUT2D eigenvalue weighted by molar-refractivity contribution is 0.0874. The van der Waals surface area contributed by atoms with Gasteiger partial charge in [0, 0.05) is 30.7 Å². The Bertz CT molecular complexity index is 985. The summed E-state index contributed by atoms with van der Waals surface area (Å²) in [5, 5.41) is 1.79. The zero-order valence-electron chi connectivity index (χ0n) is 12.4. The average Bonchev–Trinajstić information content (AvgIpc) is 2.99. The Hall–Kier alpha value is -2.26. The second kappa shape index (κ2) is 5.43. The van der Waals surface area contributed by atoms with Gasteiger partial charge in [0.1, 0.15) is 4.90 Å². The van der Waals surface area contributed by atoms with Crippen molar-refractivity contribution in [3.8, 4) is 0 Å². The van der Waals surface area contributed by atoms with Crippen LogP contribution in [0.15, 0.2) is 39.7 Å². The molecule has 120 valence electrons.